The molecule has 0 fully saturated rings. The first-order chi connectivity index (χ1) is 22.2. The number of rotatable bonds is 14. The number of carbonyl (C=O) groups excluding carboxylic acids is 1. The summed E-state index contributed by atoms with van der Waals surface area (Å²) in [6, 6.07) is 16.4. The largest absolute Gasteiger partial charge is 0.508 e. The number of nitrogens with zero attached hydrogens (tertiary/aromatic N) is 4. The number of aromatic hydroxyl groups is 2. The van der Waals surface area contributed by atoms with E-state index < -0.39 is 15.9 Å². The minimum Gasteiger partial charge on any atom is -0.508 e. The summed E-state index contributed by atoms with van der Waals surface area (Å²) in [5, 5.41) is 27.4. The summed E-state index contributed by atoms with van der Waals surface area (Å²) < 4.78 is 33.0. The Morgan fingerprint density at radius 1 is 1.04 bits per heavy atom. The number of amides is 1. The number of nitrogens with one attached hydrogen (secondary N) is 2. The van der Waals surface area contributed by atoms with Gasteiger partial charge in [0, 0.05) is 56.1 Å². The second-order valence-electron chi connectivity index (χ2n) is 11.6. The lowest BCUT2D eigenvalue weighted by Gasteiger charge is -2.24. The molecule has 0 aliphatic heterocycles. The number of carbonyl (C=O) groups is 1. The Bertz CT molecular complexity index is 1870. The molecule has 0 aliphatic rings. The number of benzene rings is 3. The molecule has 0 radical (unpaired) electrons. The lowest BCUT2D eigenvalue weighted by Crippen LogP contribution is -2.31. The van der Waals surface area contributed by atoms with E-state index in [0.717, 1.165) is 24.3 Å². The van der Waals surface area contributed by atoms with Gasteiger partial charge in [0.25, 0.3) is 21.8 Å². The van der Waals surface area contributed by atoms with Crippen molar-refractivity contribution in [1.82, 2.24) is 19.8 Å². The van der Waals surface area contributed by atoms with Crippen molar-refractivity contribution in [2.75, 3.05) is 30.9 Å². The number of sulfonamides is 1. The molecule has 47 heavy (non-hydrogen) atoms. The van der Waals surface area contributed by atoms with Gasteiger partial charge in [-0.3, -0.25) is 4.79 Å². The third-order valence-electron chi connectivity index (χ3n) is 7.28. The normalized spacial score (nSPS) is 11.7. The van der Waals surface area contributed by atoms with Crippen molar-refractivity contribution in [1.29, 1.82) is 0 Å². The maximum absolute atomic E-state index is 12.9. The Kier molecular flexibility index (Phi) is 10.9. The predicted octanol–water partition coefficient (Wildman–Crippen LogP) is 5.91. The van der Waals surface area contributed by atoms with Crippen molar-refractivity contribution < 1.29 is 27.9 Å². The van der Waals surface area contributed by atoms with E-state index in [9.17, 15) is 23.4 Å². The third kappa shape index (κ3) is 9.13. The molecule has 3 aromatic carbocycles. The van der Waals surface area contributed by atoms with E-state index in [1.807, 2.05) is 25.2 Å². The fourth-order valence-corrected chi connectivity index (χ4v) is 5.43. The van der Waals surface area contributed by atoms with Crippen LogP contribution in [0.4, 0.5) is 11.4 Å². The van der Waals surface area contributed by atoms with Crippen molar-refractivity contribution in [3.8, 4) is 34.3 Å². The summed E-state index contributed by atoms with van der Waals surface area (Å²) in [6.07, 6.45) is 3.77. The molecule has 1 aromatic heterocycles. The van der Waals surface area contributed by atoms with E-state index in [2.05, 4.69) is 45.5 Å². The van der Waals surface area contributed by atoms with Crippen LogP contribution in [-0.2, 0) is 16.6 Å². The first kappa shape index (κ1) is 34.6. The van der Waals surface area contributed by atoms with Gasteiger partial charge >= 0.3 is 0 Å². The van der Waals surface area contributed by atoms with Crippen LogP contribution in [0, 0.1) is 5.92 Å². The van der Waals surface area contributed by atoms with E-state index in [1.165, 1.54) is 42.4 Å². The molecular weight excluding hydrogens is 620 g/mol. The van der Waals surface area contributed by atoms with Crippen molar-refractivity contribution >= 4 is 27.3 Å². The van der Waals surface area contributed by atoms with Crippen LogP contribution in [0.3, 0.4) is 0 Å². The Labute approximate surface area is 275 Å². The van der Waals surface area contributed by atoms with Gasteiger partial charge in [0.15, 0.2) is 0 Å². The zero-order valence-corrected chi connectivity index (χ0v) is 27.9. The van der Waals surface area contributed by atoms with Gasteiger partial charge in [-0.2, -0.15) is 4.98 Å². The Balaban J connectivity index is 1.59. The van der Waals surface area contributed by atoms with Crippen LogP contribution in [0.15, 0.2) is 89.1 Å². The van der Waals surface area contributed by atoms with Crippen molar-refractivity contribution in [3.05, 3.63) is 95.7 Å². The third-order valence-corrected chi connectivity index (χ3v) is 8.68. The second kappa shape index (κ2) is 14.9. The fourth-order valence-electron chi connectivity index (χ4n) is 4.60. The number of hydrogen-bond acceptors (Lipinski definition) is 11. The SMILES string of the molecule is C=CN(C)/C=C(\C)S(=O)(=O)NC(=O)c1cccc(-c2nc(-c3ccc(N(C)CCC(C)C)c(NCc4cc(O)cc(O)c4)c3)no2)c1. The molecular formula is C34H40N6O6S. The van der Waals surface area contributed by atoms with Gasteiger partial charge < -0.3 is 29.9 Å². The molecule has 0 unspecified atom stereocenters. The molecule has 0 saturated carbocycles. The highest BCUT2D eigenvalue weighted by molar-refractivity contribution is 7.93. The highest BCUT2D eigenvalue weighted by atomic mass is 32.2. The zero-order chi connectivity index (χ0) is 34.3. The first-order valence-electron chi connectivity index (χ1n) is 14.9. The van der Waals surface area contributed by atoms with Crippen molar-refractivity contribution in [2.45, 2.75) is 33.7 Å². The smallest absolute Gasteiger partial charge is 0.265 e. The van der Waals surface area contributed by atoms with E-state index in [-0.39, 0.29) is 27.9 Å². The number of aromatic nitrogens is 2. The maximum Gasteiger partial charge on any atom is 0.265 e. The summed E-state index contributed by atoms with van der Waals surface area (Å²) in [7, 11) is -0.447. The van der Waals surface area contributed by atoms with Crippen LogP contribution < -0.4 is 14.9 Å². The summed E-state index contributed by atoms with van der Waals surface area (Å²) in [6.45, 7) is 10.5. The topological polar surface area (TPSA) is 161 Å². The van der Waals surface area contributed by atoms with Crippen molar-refractivity contribution in [3.63, 3.8) is 0 Å². The van der Waals surface area contributed by atoms with Crippen molar-refractivity contribution in [2.24, 2.45) is 5.92 Å². The second-order valence-corrected chi connectivity index (χ2v) is 13.4. The number of anilines is 2. The molecule has 0 saturated heterocycles. The number of allylic oxidation sites excluding steroid dienone is 1. The van der Waals surface area contributed by atoms with E-state index >= 15 is 0 Å². The molecule has 248 valence electrons. The molecule has 0 bridgehead atoms. The standard InChI is InChI=1S/C34H40N6O6S/c1-7-39(5)21-23(4)47(44,45)38-33(43)26-9-8-10-27(17-26)34-36-32(37-46-34)25-11-12-31(40(6)14-13-22(2)3)30(18-25)35-20-24-15-28(41)19-29(42)16-24/h7-12,15-19,21-22,35,41-42H,1,13-14,20H2,2-6H3,(H,38,43)/b23-21+. The Morgan fingerprint density at radius 2 is 1.77 bits per heavy atom. The summed E-state index contributed by atoms with van der Waals surface area (Å²) >= 11 is 0. The molecule has 13 heteroatoms. The van der Waals surface area contributed by atoms with Gasteiger partial charge in [0.1, 0.15) is 11.5 Å². The molecule has 1 heterocycles. The van der Waals surface area contributed by atoms with Crippen LogP contribution in [0.5, 0.6) is 11.5 Å². The van der Waals surface area contributed by atoms with Gasteiger partial charge in [0.05, 0.1) is 16.3 Å². The predicted molar refractivity (Wildman–Crippen MR) is 183 cm³/mol. The highest BCUT2D eigenvalue weighted by Crippen LogP contribution is 2.32. The molecule has 4 N–H and O–H groups in total. The minimum absolute atomic E-state index is 0.0318. The Hall–Kier alpha value is -5.30. The summed E-state index contributed by atoms with van der Waals surface area (Å²) in [4.78, 5) is 21.0. The average Bonchev–Trinajstić information content (AvgIpc) is 3.52. The average molecular weight is 661 g/mol. The maximum atomic E-state index is 12.9. The monoisotopic (exact) mass is 660 g/mol. The van der Waals surface area contributed by atoms with Gasteiger partial charge in [-0.25, -0.2) is 13.1 Å². The lowest BCUT2D eigenvalue weighted by atomic mass is 10.1. The summed E-state index contributed by atoms with van der Waals surface area (Å²) in [5.74, 6) is 0.100. The quantitative estimate of drug-likeness (QED) is 0.127. The van der Waals surface area contributed by atoms with Crippen LogP contribution in [0.2, 0.25) is 0 Å². The van der Waals surface area contributed by atoms with Crippen LogP contribution in [-0.4, -0.2) is 60.2 Å². The minimum atomic E-state index is -4.08. The van der Waals surface area contributed by atoms with E-state index in [4.69, 9.17) is 4.52 Å². The summed E-state index contributed by atoms with van der Waals surface area (Å²) in [5.41, 5.74) is 3.60. The molecule has 4 rings (SSSR count). The van der Waals surface area contributed by atoms with Gasteiger partial charge in [-0.05, 0) is 79.6 Å². The Morgan fingerprint density at radius 3 is 2.45 bits per heavy atom. The first-order valence-corrected chi connectivity index (χ1v) is 16.4. The number of phenols is 2. The van der Waals surface area contributed by atoms with Gasteiger partial charge in [-0.15, -0.1) is 0 Å². The number of phenolic OH excluding ortho intramolecular Hbond substituents is 2. The van der Waals surface area contributed by atoms with Crippen LogP contribution in [0.1, 0.15) is 43.1 Å². The molecule has 1 amide bonds. The lowest BCUT2D eigenvalue weighted by molar-refractivity contribution is 0.0981. The van der Waals surface area contributed by atoms with Gasteiger partial charge in [0.2, 0.25) is 5.82 Å². The fraction of sp³-hybridized carbons (Fsp3) is 0.265. The number of hydrogen-bond donors (Lipinski definition) is 4. The zero-order valence-electron chi connectivity index (χ0n) is 27.1. The van der Waals surface area contributed by atoms with E-state index in [1.54, 1.807) is 31.3 Å². The highest BCUT2D eigenvalue weighted by Gasteiger charge is 2.20. The van der Waals surface area contributed by atoms with Gasteiger partial charge in [-0.1, -0.05) is 31.6 Å². The molecule has 4 aromatic rings. The molecule has 0 spiro atoms. The molecule has 12 nitrogen and oxygen atoms in total. The van der Waals surface area contributed by atoms with Crippen LogP contribution >= 0.6 is 0 Å². The molecule has 0 atom stereocenters. The molecule has 0 aliphatic carbocycles. The van der Waals surface area contributed by atoms with Crippen LogP contribution in [0.25, 0.3) is 22.8 Å². The van der Waals surface area contributed by atoms with E-state index in [0.29, 0.717) is 35.0 Å².